The predicted octanol–water partition coefficient (Wildman–Crippen LogP) is 2.77. The maximum Gasteiger partial charge on any atom is 0.433 e. The molecule has 1 atom stereocenters. The zero-order chi connectivity index (χ0) is 17.8. The summed E-state index contributed by atoms with van der Waals surface area (Å²) >= 11 is 0. The van der Waals surface area contributed by atoms with Gasteiger partial charge in [-0.1, -0.05) is 6.07 Å². The Morgan fingerprint density at radius 1 is 1.17 bits per heavy atom. The average Bonchev–Trinajstić information content (AvgIpc) is 2.41. The normalized spacial score (nSPS) is 13.3. The molecule has 0 saturated carbocycles. The molecule has 0 aliphatic rings. The zero-order valence-electron chi connectivity index (χ0n) is 13.2. The Kier molecular flexibility index (Phi) is 5.74. The predicted molar refractivity (Wildman–Crippen MR) is 74.3 cm³/mol. The van der Waals surface area contributed by atoms with Gasteiger partial charge in [-0.2, -0.15) is 13.2 Å². The molecule has 1 rings (SSSR count). The van der Waals surface area contributed by atoms with E-state index in [-0.39, 0.29) is 6.42 Å². The van der Waals surface area contributed by atoms with Gasteiger partial charge in [0, 0.05) is 6.20 Å². The van der Waals surface area contributed by atoms with E-state index in [1.165, 1.54) is 0 Å². The SMILES string of the molecule is COC(=O)[C@@H](Cc1ccc(C(F)(F)F)nc1)C(=O)OC(C)(C)C. The van der Waals surface area contributed by atoms with Crippen LogP contribution in [0.5, 0.6) is 0 Å². The van der Waals surface area contributed by atoms with E-state index in [9.17, 15) is 22.8 Å². The van der Waals surface area contributed by atoms with Crippen LogP contribution in [0.25, 0.3) is 0 Å². The van der Waals surface area contributed by atoms with Crippen LogP contribution in [0.4, 0.5) is 13.2 Å². The molecule has 1 aromatic heterocycles. The molecule has 5 nitrogen and oxygen atoms in total. The number of hydrogen-bond acceptors (Lipinski definition) is 5. The lowest BCUT2D eigenvalue weighted by Crippen LogP contribution is -2.34. The molecule has 0 aromatic carbocycles. The second-order valence-corrected chi connectivity index (χ2v) is 5.86. The maximum atomic E-state index is 12.5. The molecule has 0 amide bonds. The Balaban J connectivity index is 2.94. The van der Waals surface area contributed by atoms with E-state index in [0.717, 1.165) is 25.4 Å². The Hall–Kier alpha value is -2.12. The van der Waals surface area contributed by atoms with Crippen LogP contribution in [-0.2, 0) is 31.7 Å². The number of rotatable bonds is 4. The lowest BCUT2D eigenvalue weighted by atomic mass is 10.00. The molecule has 0 fully saturated rings. The molecule has 0 aliphatic heterocycles. The van der Waals surface area contributed by atoms with E-state index in [0.29, 0.717) is 5.56 Å². The third kappa shape index (κ3) is 5.88. The van der Waals surface area contributed by atoms with E-state index in [4.69, 9.17) is 4.74 Å². The van der Waals surface area contributed by atoms with Crippen molar-refractivity contribution in [2.45, 2.75) is 39.0 Å². The van der Waals surface area contributed by atoms with Gasteiger partial charge in [0.15, 0.2) is 5.92 Å². The number of nitrogens with zero attached hydrogens (tertiary/aromatic N) is 1. The van der Waals surface area contributed by atoms with Gasteiger partial charge in [-0.3, -0.25) is 14.6 Å². The fraction of sp³-hybridized carbons (Fsp3) is 0.533. The summed E-state index contributed by atoms with van der Waals surface area (Å²) in [6.45, 7) is 4.91. The number of carbonyl (C=O) groups excluding carboxylic acids is 2. The summed E-state index contributed by atoms with van der Waals surface area (Å²) in [5, 5.41) is 0. The molecular formula is C15H18F3NO4. The Bertz CT molecular complexity index is 562. The summed E-state index contributed by atoms with van der Waals surface area (Å²) in [5.74, 6) is -2.89. The summed E-state index contributed by atoms with van der Waals surface area (Å²) < 4.78 is 47.1. The summed E-state index contributed by atoms with van der Waals surface area (Å²) in [4.78, 5) is 27.1. The minimum atomic E-state index is -4.55. The molecule has 0 aliphatic carbocycles. The summed E-state index contributed by atoms with van der Waals surface area (Å²) in [6.07, 6.45) is -3.73. The topological polar surface area (TPSA) is 65.5 Å². The number of methoxy groups -OCH3 is 1. The Morgan fingerprint density at radius 2 is 1.78 bits per heavy atom. The zero-order valence-corrected chi connectivity index (χ0v) is 13.2. The van der Waals surface area contributed by atoms with Crippen molar-refractivity contribution < 1.29 is 32.2 Å². The molecule has 0 spiro atoms. The lowest BCUT2D eigenvalue weighted by Gasteiger charge is -2.23. The molecule has 0 saturated heterocycles. The molecule has 23 heavy (non-hydrogen) atoms. The van der Waals surface area contributed by atoms with Crippen LogP contribution in [0.15, 0.2) is 18.3 Å². The molecule has 0 N–H and O–H groups in total. The van der Waals surface area contributed by atoms with E-state index in [1.807, 2.05) is 0 Å². The van der Waals surface area contributed by atoms with Gasteiger partial charge >= 0.3 is 18.1 Å². The van der Waals surface area contributed by atoms with Crippen LogP contribution in [0.3, 0.4) is 0 Å². The molecule has 0 unspecified atom stereocenters. The molecular weight excluding hydrogens is 315 g/mol. The third-order valence-corrected chi connectivity index (χ3v) is 2.73. The fourth-order valence-electron chi connectivity index (χ4n) is 1.73. The number of ether oxygens (including phenoxy) is 2. The van der Waals surface area contributed by atoms with E-state index in [2.05, 4.69) is 9.72 Å². The van der Waals surface area contributed by atoms with Crippen molar-refractivity contribution in [3.05, 3.63) is 29.6 Å². The van der Waals surface area contributed by atoms with Gasteiger partial charge < -0.3 is 9.47 Å². The van der Waals surface area contributed by atoms with Crippen molar-refractivity contribution in [2.24, 2.45) is 5.92 Å². The van der Waals surface area contributed by atoms with Crippen LogP contribution in [0, 0.1) is 5.92 Å². The van der Waals surface area contributed by atoms with Gasteiger partial charge in [-0.15, -0.1) is 0 Å². The highest BCUT2D eigenvalue weighted by atomic mass is 19.4. The minimum absolute atomic E-state index is 0.160. The first-order valence-corrected chi connectivity index (χ1v) is 6.77. The van der Waals surface area contributed by atoms with Crippen molar-refractivity contribution in [3.8, 4) is 0 Å². The largest absolute Gasteiger partial charge is 0.468 e. The van der Waals surface area contributed by atoms with E-state index < -0.39 is 35.3 Å². The summed E-state index contributed by atoms with van der Waals surface area (Å²) in [6, 6.07) is 1.95. The highest BCUT2D eigenvalue weighted by molar-refractivity contribution is 5.95. The molecule has 0 bridgehead atoms. The van der Waals surface area contributed by atoms with Crippen LogP contribution in [-0.4, -0.2) is 29.6 Å². The molecule has 0 radical (unpaired) electrons. The average molecular weight is 333 g/mol. The van der Waals surface area contributed by atoms with Crippen LogP contribution < -0.4 is 0 Å². The first-order chi connectivity index (χ1) is 10.4. The van der Waals surface area contributed by atoms with Crippen LogP contribution in [0.2, 0.25) is 0 Å². The monoisotopic (exact) mass is 333 g/mol. The van der Waals surface area contributed by atoms with E-state index >= 15 is 0 Å². The second-order valence-electron chi connectivity index (χ2n) is 5.86. The van der Waals surface area contributed by atoms with Crippen molar-refractivity contribution >= 4 is 11.9 Å². The number of carbonyl (C=O) groups is 2. The number of halogens is 3. The maximum absolute atomic E-state index is 12.5. The van der Waals surface area contributed by atoms with Crippen molar-refractivity contribution in [2.75, 3.05) is 7.11 Å². The number of pyridine rings is 1. The first kappa shape index (κ1) is 18.9. The van der Waals surface area contributed by atoms with Gasteiger partial charge in [-0.25, -0.2) is 0 Å². The van der Waals surface area contributed by atoms with Crippen molar-refractivity contribution in [3.63, 3.8) is 0 Å². The number of aromatic nitrogens is 1. The van der Waals surface area contributed by atoms with Gasteiger partial charge in [0.05, 0.1) is 7.11 Å². The van der Waals surface area contributed by atoms with E-state index in [1.54, 1.807) is 20.8 Å². The highest BCUT2D eigenvalue weighted by Gasteiger charge is 2.34. The van der Waals surface area contributed by atoms with Gasteiger partial charge in [0.2, 0.25) is 0 Å². The first-order valence-electron chi connectivity index (χ1n) is 6.77. The van der Waals surface area contributed by atoms with Crippen molar-refractivity contribution in [1.29, 1.82) is 0 Å². The smallest absolute Gasteiger partial charge is 0.433 e. The van der Waals surface area contributed by atoms with Crippen molar-refractivity contribution in [1.82, 2.24) is 4.98 Å². The third-order valence-electron chi connectivity index (χ3n) is 2.73. The summed E-state index contributed by atoms with van der Waals surface area (Å²) in [5.41, 5.74) is -1.56. The lowest BCUT2D eigenvalue weighted by molar-refractivity contribution is -0.168. The fourth-order valence-corrected chi connectivity index (χ4v) is 1.73. The second kappa shape index (κ2) is 6.97. The number of alkyl halides is 3. The number of esters is 2. The van der Waals surface area contributed by atoms with Crippen LogP contribution in [0.1, 0.15) is 32.0 Å². The Morgan fingerprint density at radius 3 is 2.17 bits per heavy atom. The van der Waals surface area contributed by atoms with Gasteiger partial charge in [-0.05, 0) is 38.8 Å². The minimum Gasteiger partial charge on any atom is -0.468 e. The van der Waals surface area contributed by atoms with Gasteiger partial charge in [0.25, 0.3) is 0 Å². The molecule has 1 heterocycles. The number of hydrogen-bond donors (Lipinski definition) is 0. The molecule has 128 valence electrons. The van der Waals surface area contributed by atoms with Crippen LogP contribution >= 0.6 is 0 Å². The molecule has 8 heteroatoms. The quantitative estimate of drug-likeness (QED) is 0.626. The summed E-state index contributed by atoms with van der Waals surface area (Å²) in [7, 11) is 1.12. The van der Waals surface area contributed by atoms with Gasteiger partial charge in [0.1, 0.15) is 11.3 Å². The standard InChI is InChI=1S/C15H18F3NO4/c1-14(2,3)23-13(21)10(12(20)22-4)7-9-5-6-11(19-8-9)15(16,17)18/h5-6,8,10H,7H2,1-4H3/t10-/m1/s1. The molecule has 1 aromatic rings. The Labute approximate surface area is 131 Å². The highest BCUT2D eigenvalue weighted by Crippen LogP contribution is 2.27.